The van der Waals surface area contributed by atoms with Crippen LogP contribution in [0.5, 0.6) is 0 Å². The second-order valence-corrected chi connectivity index (χ2v) is 6.27. The number of aromatic nitrogens is 2. The number of nitrogens with one attached hydrogen (secondary N) is 1. The largest absolute Gasteiger partial charge is 0.476 e. The van der Waals surface area contributed by atoms with Gasteiger partial charge >= 0.3 is 5.97 Å². The van der Waals surface area contributed by atoms with Crippen LogP contribution in [0.25, 0.3) is 5.69 Å². The first-order valence-corrected chi connectivity index (χ1v) is 7.68. The van der Waals surface area contributed by atoms with Crippen molar-refractivity contribution in [3.63, 3.8) is 0 Å². The lowest BCUT2D eigenvalue weighted by Gasteiger charge is -2.06. The summed E-state index contributed by atoms with van der Waals surface area (Å²) in [5.74, 6) is -1.35. The second-order valence-electron chi connectivity index (χ2n) is 4.56. The van der Waals surface area contributed by atoms with Crippen molar-refractivity contribution in [3.8, 4) is 5.69 Å². The summed E-state index contributed by atoms with van der Waals surface area (Å²) >= 11 is 7.01. The molecule has 3 aromatic rings. The molecule has 0 aliphatic carbocycles. The Morgan fingerprint density at radius 2 is 2.04 bits per heavy atom. The molecule has 23 heavy (non-hydrogen) atoms. The summed E-state index contributed by atoms with van der Waals surface area (Å²) < 4.78 is 1.97. The summed E-state index contributed by atoms with van der Waals surface area (Å²) in [6, 6.07) is 11.7. The molecular formula is C15H10ClN3O3S. The van der Waals surface area contributed by atoms with Gasteiger partial charge in [-0.15, -0.1) is 11.3 Å². The van der Waals surface area contributed by atoms with Crippen LogP contribution < -0.4 is 5.32 Å². The third-order valence-corrected chi connectivity index (χ3v) is 4.20. The van der Waals surface area contributed by atoms with Gasteiger partial charge in [0.25, 0.3) is 5.91 Å². The van der Waals surface area contributed by atoms with Crippen molar-refractivity contribution in [3.05, 3.63) is 63.6 Å². The average Bonchev–Trinajstić information content (AvgIpc) is 3.16. The molecule has 8 heteroatoms. The van der Waals surface area contributed by atoms with Gasteiger partial charge in [-0.25, -0.2) is 9.48 Å². The van der Waals surface area contributed by atoms with E-state index in [0.717, 1.165) is 0 Å². The van der Waals surface area contributed by atoms with E-state index in [2.05, 4.69) is 10.4 Å². The van der Waals surface area contributed by atoms with Gasteiger partial charge in [-0.3, -0.25) is 4.79 Å². The molecule has 0 aliphatic rings. The Morgan fingerprint density at radius 1 is 1.22 bits per heavy atom. The van der Waals surface area contributed by atoms with Gasteiger partial charge in [0.1, 0.15) is 0 Å². The standard InChI is InChI=1S/C15H10ClN3O3S/c16-13-5-4-12(23-13)14(20)17-9-2-1-3-10(8-9)19-7-6-11(18-19)15(21)22/h1-8H,(H,17,20)(H,21,22). The molecule has 0 atom stereocenters. The molecule has 0 spiro atoms. The highest BCUT2D eigenvalue weighted by atomic mass is 35.5. The average molecular weight is 348 g/mol. The van der Waals surface area contributed by atoms with Gasteiger partial charge < -0.3 is 10.4 Å². The van der Waals surface area contributed by atoms with Gasteiger partial charge in [0.15, 0.2) is 5.69 Å². The number of rotatable bonds is 4. The minimum Gasteiger partial charge on any atom is -0.476 e. The highest BCUT2D eigenvalue weighted by Gasteiger charge is 2.11. The van der Waals surface area contributed by atoms with Crippen LogP contribution in [-0.4, -0.2) is 26.8 Å². The van der Waals surface area contributed by atoms with Crippen molar-refractivity contribution < 1.29 is 14.7 Å². The second kappa shape index (κ2) is 6.23. The van der Waals surface area contributed by atoms with Crippen LogP contribution in [0.2, 0.25) is 4.34 Å². The summed E-state index contributed by atoms with van der Waals surface area (Å²) in [6.45, 7) is 0. The zero-order chi connectivity index (χ0) is 16.4. The third kappa shape index (κ3) is 3.41. The Balaban J connectivity index is 1.82. The predicted molar refractivity (Wildman–Crippen MR) is 87.8 cm³/mol. The molecule has 1 amide bonds. The monoisotopic (exact) mass is 347 g/mol. The van der Waals surface area contributed by atoms with Gasteiger partial charge in [-0.05, 0) is 36.4 Å². The van der Waals surface area contributed by atoms with E-state index in [-0.39, 0.29) is 11.6 Å². The summed E-state index contributed by atoms with van der Waals surface area (Å²) in [5, 5.41) is 15.6. The lowest BCUT2D eigenvalue weighted by molar-refractivity contribution is 0.0689. The van der Waals surface area contributed by atoms with E-state index in [9.17, 15) is 9.59 Å². The van der Waals surface area contributed by atoms with Crippen molar-refractivity contribution in [2.24, 2.45) is 0 Å². The topological polar surface area (TPSA) is 84.2 Å². The molecule has 116 valence electrons. The molecule has 2 N–H and O–H groups in total. The van der Waals surface area contributed by atoms with Crippen LogP contribution >= 0.6 is 22.9 Å². The maximum Gasteiger partial charge on any atom is 0.356 e. The van der Waals surface area contributed by atoms with Crippen molar-refractivity contribution in [1.82, 2.24) is 9.78 Å². The number of carboxylic acid groups (broad SMARTS) is 1. The lowest BCUT2D eigenvalue weighted by Crippen LogP contribution is -2.10. The first-order chi connectivity index (χ1) is 11.0. The number of carboxylic acids is 1. The quantitative estimate of drug-likeness (QED) is 0.756. The molecule has 2 aromatic heterocycles. The SMILES string of the molecule is O=C(O)c1ccn(-c2cccc(NC(=O)c3ccc(Cl)s3)c2)n1. The van der Waals surface area contributed by atoms with Gasteiger partial charge in [-0.2, -0.15) is 5.10 Å². The Kier molecular flexibility index (Phi) is 4.14. The van der Waals surface area contributed by atoms with Gasteiger partial charge in [0.05, 0.1) is 14.9 Å². The first kappa shape index (κ1) is 15.3. The van der Waals surface area contributed by atoms with E-state index in [1.807, 2.05) is 0 Å². The molecule has 0 fully saturated rings. The van der Waals surface area contributed by atoms with E-state index >= 15 is 0 Å². The predicted octanol–water partition coefficient (Wildman–Crippen LogP) is 3.54. The third-order valence-electron chi connectivity index (χ3n) is 2.97. The van der Waals surface area contributed by atoms with Crippen molar-refractivity contribution in [2.75, 3.05) is 5.32 Å². The summed E-state index contributed by atoms with van der Waals surface area (Å²) in [7, 11) is 0. The van der Waals surface area contributed by atoms with E-state index in [1.165, 1.54) is 22.1 Å². The van der Waals surface area contributed by atoms with Gasteiger partial charge in [-0.1, -0.05) is 17.7 Å². The molecule has 0 bridgehead atoms. The highest BCUT2D eigenvalue weighted by molar-refractivity contribution is 7.18. The zero-order valence-electron chi connectivity index (χ0n) is 11.6. The summed E-state index contributed by atoms with van der Waals surface area (Å²) in [5.41, 5.74) is 1.16. The number of hydrogen-bond acceptors (Lipinski definition) is 4. The molecule has 1 aromatic carbocycles. The smallest absolute Gasteiger partial charge is 0.356 e. The molecule has 0 saturated carbocycles. The molecule has 3 rings (SSSR count). The van der Waals surface area contributed by atoms with Crippen molar-refractivity contribution >= 4 is 40.5 Å². The fraction of sp³-hybridized carbons (Fsp3) is 0. The summed E-state index contributed by atoms with van der Waals surface area (Å²) in [6.07, 6.45) is 1.55. The number of hydrogen-bond donors (Lipinski definition) is 2. The van der Waals surface area contributed by atoms with Gasteiger partial charge in [0.2, 0.25) is 0 Å². The Bertz CT molecular complexity index is 887. The molecule has 6 nitrogen and oxygen atoms in total. The number of thiophene rings is 1. The maximum absolute atomic E-state index is 12.1. The van der Waals surface area contributed by atoms with Crippen LogP contribution in [0, 0.1) is 0 Å². The minimum atomic E-state index is -1.09. The van der Waals surface area contributed by atoms with Crippen molar-refractivity contribution in [1.29, 1.82) is 0 Å². The number of carbonyl (C=O) groups excluding carboxylic acids is 1. The Labute approximate surface area is 139 Å². The molecular weight excluding hydrogens is 338 g/mol. The Morgan fingerprint density at radius 3 is 2.70 bits per heavy atom. The Hall–Kier alpha value is -2.64. The van der Waals surface area contributed by atoms with E-state index in [4.69, 9.17) is 16.7 Å². The fourth-order valence-electron chi connectivity index (χ4n) is 1.94. The van der Waals surface area contributed by atoms with Crippen LogP contribution in [0.1, 0.15) is 20.2 Å². The number of anilines is 1. The lowest BCUT2D eigenvalue weighted by atomic mass is 10.2. The van der Waals surface area contributed by atoms with Crippen molar-refractivity contribution in [2.45, 2.75) is 0 Å². The normalized spacial score (nSPS) is 10.5. The van der Waals surface area contributed by atoms with E-state index in [0.29, 0.717) is 20.6 Å². The minimum absolute atomic E-state index is 0.0485. The molecule has 0 aliphatic heterocycles. The van der Waals surface area contributed by atoms with Crippen LogP contribution in [0.3, 0.4) is 0 Å². The highest BCUT2D eigenvalue weighted by Crippen LogP contribution is 2.23. The number of carbonyl (C=O) groups is 2. The molecule has 0 radical (unpaired) electrons. The molecule has 0 saturated heterocycles. The van der Waals surface area contributed by atoms with E-state index in [1.54, 1.807) is 42.6 Å². The molecule has 0 unspecified atom stereocenters. The number of halogens is 1. The van der Waals surface area contributed by atoms with Gasteiger partial charge in [0, 0.05) is 11.9 Å². The first-order valence-electron chi connectivity index (χ1n) is 6.49. The number of aromatic carboxylic acids is 1. The number of nitrogens with zero attached hydrogens (tertiary/aromatic N) is 2. The maximum atomic E-state index is 12.1. The van der Waals surface area contributed by atoms with Crippen LogP contribution in [0.4, 0.5) is 5.69 Å². The summed E-state index contributed by atoms with van der Waals surface area (Å²) in [4.78, 5) is 23.5. The van der Waals surface area contributed by atoms with E-state index < -0.39 is 5.97 Å². The fourth-order valence-corrected chi connectivity index (χ4v) is 2.88. The van der Waals surface area contributed by atoms with Crippen LogP contribution in [-0.2, 0) is 0 Å². The number of amides is 1. The number of benzene rings is 1. The zero-order valence-corrected chi connectivity index (χ0v) is 13.1. The molecule has 2 heterocycles. The van der Waals surface area contributed by atoms with Crippen LogP contribution in [0.15, 0.2) is 48.7 Å².